The van der Waals surface area contributed by atoms with Gasteiger partial charge in [0.1, 0.15) is 11.3 Å². The number of benzene rings is 1. The molecule has 0 amide bonds. The Labute approximate surface area is 105 Å². The Morgan fingerprint density at radius 2 is 2.39 bits per heavy atom. The van der Waals surface area contributed by atoms with E-state index in [2.05, 4.69) is 27.9 Å². The summed E-state index contributed by atoms with van der Waals surface area (Å²) in [5.41, 5.74) is 2.37. The van der Waals surface area contributed by atoms with Crippen molar-refractivity contribution in [2.45, 2.75) is 19.4 Å². The molecule has 0 bridgehead atoms. The second-order valence-electron chi connectivity index (χ2n) is 4.50. The summed E-state index contributed by atoms with van der Waals surface area (Å²) in [7, 11) is 1.86. The fourth-order valence-corrected chi connectivity index (χ4v) is 2.44. The minimum Gasteiger partial charge on any atom is -0.491 e. The van der Waals surface area contributed by atoms with Gasteiger partial charge >= 0.3 is 0 Å². The third kappa shape index (κ3) is 1.42. The summed E-state index contributed by atoms with van der Waals surface area (Å²) in [6.07, 6.45) is 0.927. The number of nitriles is 1. The van der Waals surface area contributed by atoms with Gasteiger partial charge in [0.25, 0.3) is 0 Å². The van der Waals surface area contributed by atoms with E-state index in [4.69, 9.17) is 10.00 Å². The predicted octanol–water partition coefficient (Wildman–Crippen LogP) is 2.29. The lowest BCUT2D eigenvalue weighted by atomic mass is 10.2. The van der Waals surface area contributed by atoms with Crippen molar-refractivity contribution in [3.63, 3.8) is 0 Å². The number of aromatic nitrogens is 2. The predicted molar refractivity (Wildman–Crippen MR) is 68.8 cm³/mol. The van der Waals surface area contributed by atoms with Crippen molar-refractivity contribution >= 4 is 17.0 Å². The number of ether oxygens (including phenoxy) is 1. The number of imidazole rings is 1. The van der Waals surface area contributed by atoms with E-state index in [1.165, 1.54) is 0 Å². The Kier molecular flexibility index (Phi) is 2.37. The van der Waals surface area contributed by atoms with E-state index in [9.17, 15) is 0 Å². The van der Waals surface area contributed by atoms with E-state index in [0.717, 1.165) is 29.2 Å². The Hall–Kier alpha value is -2.22. The standard InChI is InChI=1S/C13H14N4O/c1-8-3-4-18-11-6-9(7-14)5-10-12(11)17(8)13(15-2)16-10/h5-6,8H,3-4H2,1-2H3,(H,15,16)/t8-/m0/s1. The highest BCUT2D eigenvalue weighted by atomic mass is 16.5. The van der Waals surface area contributed by atoms with E-state index in [0.29, 0.717) is 18.2 Å². The van der Waals surface area contributed by atoms with Crippen LogP contribution in [0.3, 0.4) is 0 Å². The van der Waals surface area contributed by atoms with Crippen molar-refractivity contribution in [3.8, 4) is 11.8 Å². The Morgan fingerprint density at radius 3 is 3.11 bits per heavy atom. The summed E-state index contributed by atoms with van der Waals surface area (Å²) in [5.74, 6) is 1.57. The molecule has 1 atom stereocenters. The van der Waals surface area contributed by atoms with Gasteiger partial charge in [-0.1, -0.05) is 0 Å². The minimum absolute atomic E-state index is 0.326. The van der Waals surface area contributed by atoms with Crippen molar-refractivity contribution in [2.24, 2.45) is 0 Å². The summed E-state index contributed by atoms with van der Waals surface area (Å²) >= 11 is 0. The van der Waals surface area contributed by atoms with Gasteiger partial charge in [-0.25, -0.2) is 4.98 Å². The first-order valence-corrected chi connectivity index (χ1v) is 6.01. The van der Waals surface area contributed by atoms with Gasteiger partial charge in [-0.2, -0.15) is 5.26 Å². The van der Waals surface area contributed by atoms with Gasteiger partial charge in [0.15, 0.2) is 0 Å². The van der Waals surface area contributed by atoms with Crippen molar-refractivity contribution < 1.29 is 4.74 Å². The highest BCUT2D eigenvalue weighted by Gasteiger charge is 2.22. The van der Waals surface area contributed by atoms with Crippen LogP contribution in [0.4, 0.5) is 5.95 Å². The average Bonchev–Trinajstić information content (AvgIpc) is 2.67. The van der Waals surface area contributed by atoms with Gasteiger partial charge < -0.3 is 14.6 Å². The molecule has 92 valence electrons. The van der Waals surface area contributed by atoms with E-state index in [-0.39, 0.29) is 0 Å². The van der Waals surface area contributed by atoms with Crippen molar-refractivity contribution in [3.05, 3.63) is 17.7 Å². The van der Waals surface area contributed by atoms with E-state index >= 15 is 0 Å². The monoisotopic (exact) mass is 242 g/mol. The third-order valence-electron chi connectivity index (χ3n) is 3.34. The third-order valence-corrected chi connectivity index (χ3v) is 3.34. The second-order valence-corrected chi connectivity index (χ2v) is 4.50. The van der Waals surface area contributed by atoms with Crippen LogP contribution in [-0.4, -0.2) is 23.2 Å². The first-order chi connectivity index (χ1) is 8.74. The van der Waals surface area contributed by atoms with Crippen LogP contribution in [0.5, 0.6) is 5.75 Å². The maximum absolute atomic E-state index is 9.03. The molecule has 0 saturated carbocycles. The molecule has 18 heavy (non-hydrogen) atoms. The summed E-state index contributed by atoms with van der Waals surface area (Å²) < 4.78 is 7.90. The van der Waals surface area contributed by atoms with Gasteiger partial charge in [0.2, 0.25) is 5.95 Å². The molecule has 1 aliphatic rings. The molecule has 0 radical (unpaired) electrons. The number of hydrogen-bond donors (Lipinski definition) is 1. The second kappa shape index (κ2) is 3.91. The van der Waals surface area contributed by atoms with Crippen LogP contribution in [0.15, 0.2) is 12.1 Å². The highest BCUT2D eigenvalue weighted by molar-refractivity contribution is 5.86. The largest absolute Gasteiger partial charge is 0.491 e. The topological polar surface area (TPSA) is 62.9 Å². The lowest BCUT2D eigenvalue weighted by Crippen LogP contribution is -2.09. The van der Waals surface area contributed by atoms with Crippen molar-refractivity contribution in [1.82, 2.24) is 9.55 Å². The molecule has 5 heteroatoms. The molecule has 0 unspecified atom stereocenters. The molecule has 1 N–H and O–H groups in total. The van der Waals surface area contributed by atoms with Crippen LogP contribution in [-0.2, 0) is 0 Å². The molecule has 1 aromatic heterocycles. The normalized spacial score (nSPS) is 17.9. The van der Waals surface area contributed by atoms with Crippen LogP contribution >= 0.6 is 0 Å². The zero-order valence-electron chi connectivity index (χ0n) is 10.4. The summed E-state index contributed by atoms with van der Waals surface area (Å²) in [6.45, 7) is 2.81. The molecule has 0 spiro atoms. The van der Waals surface area contributed by atoms with Crippen LogP contribution in [0.1, 0.15) is 24.9 Å². The molecule has 0 aliphatic carbocycles. The number of nitrogens with zero attached hydrogens (tertiary/aromatic N) is 3. The van der Waals surface area contributed by atoms with Gasteiger partial charge in [-0.3, -0.25) is 0 Å². The van der Waals surface area contributed by atoms with Gasteiger partial charge in [0, 0.05) is 25.6 Å². The van der Waals surface area contributed by atoms with E-state index in [1.54, 1.807) is 12.1 Å². The van der Waals surface area contributed by atoms with Crippen LogP contribution in [0.25, 0.3) is 11.0 Å². The van der Waals surface area contributed by atoms with Gasteiger partial charge in [0.05, 0.1) is 23.8 Å². The molecule has 5 nitrogen and oxygen atoms in total. The summed E-state index contributed by atoms with van der Waals surface area (Å²) in [5, 5.41) is 12.1. The quantitative estimate of drug-likeness (QED) is 0.833. The zero-order chi connectivity index (χ0) is 12.7. The minimum atomic E-state index is 0.326. The van der Waals surface area contributed by atoms with E-state index in [1.807, 2.05) is 7.05 Å². The van der Waals surface area contributed by atoms with Crippen LogP contribution < -0.4 is 10.1 Å². The maximum Gasteiger partial charge on any atom is 0.203 e. The first-order valence-electron chi connectivity index (χ1n) is 6.01. The van der Waals surface area contributed by atoms with E-state index < -0.39 is 0 Å². The lowest BCUT2D eigenvalue weighted by molar-refractivity contribution is 0.301. The Bertz CT molecular complexity index is 653. The summed E-state index contributed by atoms with van der Waals surface area (Å²) in [6, 6.07) is 6.07. The fraction of sp³-hybridized carbons (Fsp3) is 0.385. The molecule has 2 heterocycles. The summed E-state index contributed by atoms with van der Waals surface area (Å²) in [4.78, 5) is 4.52. The average molecular weight is 242 g/mol. The van der Waals surface area contributed by atoms with Crippen LogP contribution in [0, 0.1) is 11.3 Å². The molecule has 3 rings (SSSR count). The first kappa shape index (κ1) is 10.9. The maximum atomic E-state index is 9.03. The highest BCUT2D eigenvalue weighted by Crippen LogP contribution is 2.36. The lowest BCUT2D eigenvalue weighted by Gasteiger charge is -2.13. The van der Waals surface area contributed by atoms with Crippen molar-refractivity contribution in [1.29, 1.82) is 5.26 Å². The van der Waals surface area contributed by atoms with Crippen molar-refractivity contribution in [2.75, 3.05) is 19.0 Å². The smallest absolute Gasteiger partial charge is 0.203 e. The number of anilines is 1. The zero-order valence-corrected chi connectivity index (χ0v) is 10.4. The fourth-order valence-electron chi connectivity index (χ4n) is 2.44. The molecule has 1 aliphatic heterocycles. The Morgan fingerprint density at radius 1 is 1.56 bits per heavy atom. The molecule has 0 saturated heterocycles. The molecule has 2 aromatic rings. The molecule has 1 aromatic carbocycles. The number of hydrogen-bond acceptors (Lipinski definition) is 4. The molecular formula is C13H14N4O. The molecular weight excluding hydrogens is 228 g/mol. The van der Waals surface area contributed by atoms with Gasteiger partial charge in [-0.15, -0.1) is 0 Å². The number of rotatable bonds is 1. The molecule has 0 fully saturated rings. The number of nitrogens with one attached hydrogen (secondary N) is 1. The Balaban J connectivity index is 2.39. The van der Waals surface area contributed by atoms with Gasteiger partial charge in [-0.05, 0) is 13.0 Å². The SMILES string of the molecule is CNc1nc2cc(C#N)cc3c2n1[C@@H](C)CCO3. The van der Waals surface area contributed by atoms with Crippen LogP contribution in [0.2, 0.25) is 0 Å².